The van der Waals surface area contributed by atoms with E-state index in [9.17, 15) is 4.79 Å². The summed E-state index contributed by atoms with van der Waals surface area (Å²) in [6, 6.07) is 8.42. The van der Waals surface area contributed by atoms with Crippen molar-refractivity contribution in [2.45, 2.75) is 23.5 Å². The Kier molecular flexibility index (Phi) is 4.70. The van der Waals surface area contributed by atoms with E-state index in [0.717, 1.165) is 26.1 Å². The second kappa shape index (κ2) is 6.71. The summed E-state index contributed by atoms with van der Waals surface area (Å²) in [6.07, 6.45) is 1.13. The van der Waals surface area contributed by atoms with E-state index in [4.69, 9.17) is 4.74 Å². The minimum atomic E-state index is 0.217. The summed E-state index contributed by atoms with van der Waals surface area (Å²) < 4.78 is 5.32. The van der Waals surface area contributed by atoms with Gasteiger partial charge in [-0.15, -0.1) is 11.8 Å². The van der Waals surface area contributed by atoms with Crippen LogP contribution in [0.4, 0.5) is 5.69 Å². The van der Waals surface area contributed by atoms with E-state index in [1.807, 2.05) is 16.7 Å². The van der Waals surface area contributed by atoms with Crippen molar-refractivity contribution in [1.29, 1.82) is 0 Å². The Morgan fingerprint density at radius 2 is 2.10 bits per heavy atom. The molecule has 1 aromatic carbocycles. The Bertz CT molecular complexity index is 503. The first-order valence-corrected chi connectivity index (χ1v) is 8.52. The van der Waals surface area contributed by atoms with Crippen molar-refractivity contribution in [1.82, 2.24) is 4.90 Å². The molecule has 2 aliphatic rings. The molecule has 1 saturated heterocycles. The Labute approximate surface area is 130 Å². The van der Waals surface area contributed by atoms with Crippen LogP contribution in [0.1, 0.15) is 13.3 Å². The molecule has 0 radical (unpaired) electrons. The average Bonchev–Trinajstić information content (AvgIpc) is 2.55. The van der Waals surface area contributed by atoms with Gasteiger partial charge in [-0.25, -0.2) is 0 Å². The number of rotatable bonds is 3. The number of morpholine rings is 1. The number of nitrogens with zero attached hydrogens (tertiary/aromatic N) is 2. The number of ether oxygens (including phenoxy) is 1. The van der Waals surface area contributed by atoms with Gasteiger partial charge in [-0.3, -0.25) is 4.79 Å². The fourth-order valence-corrected chi connectivity index (χ4v) is 4.07. The molecule has 0 aliphatic carbocycles. The average molecular weight is 306 g/mol. The fourth-order valence-electron chi connectivity index (χ4n) is 2.82. The summed E-state index contributed by atoms with van der Waals surface area (Å²) in [5.74, 6) is 0.217. The SMILES string of the molecule is CC[C@H]1CN(CC(=O)N2CCOCC2)c2ccccc2S1. The van der Waals surface area contributed by atoms with Gasteiger partial charge in [0.1, 0.15) is 0 Å². The van der Waals surface area contributed by atoms with Gasteiger partial charge in [-0.1, -0.05) is 19.1 Å². The molecule has 114 valence electrons. The van der Waals surface area contributed by atoms with Crippen molar-refractivity contribution < 1.29 is 9.53 Å². The predicted molar refractivity (Wildman–Crippen MR) is 86.0 cm³/mol. The molecule has 21 heavy (non-hydrogen) atoms. The fraction of sp³-hybridized carbons (Fsp3) is 0.562. The van der Waals surface area contributed by atoms with Gasteiger partial charge in [0.05, 0.1) is 25.4 Å². The third-order valence-electron chi connectivity index (χ3n) is 4.07. The van der Waals surface area contributed by atoms with E-state index >= 15 is 0 Å². The highest BCUT2D eigenvalue weighted by Gasteiger charge is 2.27. The lowest BCUT2D eigenvalue weighted by Crippen LogP contribution is -2.47. The van der Waals surface area contributed by atoms with Crippen LogP contribution >= 0.6 is 11.8 Å². The van der Waals surface area contributed by atoms with Crippen molar-refractivity contribution in [3.63, 3.8) is 0 Å². The Morgan fingerprint density at radius 3 is 2.86 bits per heavy atom. The normalized spacial score (nSPS) is 22.0. The first-order valence-electron chi connectivity index (χ1n) is 7.64. The molecule has 1 amide bonds. The molecule has 1 aromatic rings. The third kappa shape index (κ3) is 3.35. The van der Waals surface area contributed by atoms with Crippen LogP contribution in [0.15, 0.2) is 29.2 Å². The minimum Gasteiger partial charge on any atom is -0.378 e. The number of hydrogen-bond acceptors (Lipinski definition) is 4. The molecular weight excluding hydrogens is 284 g/mol. The molecule has 0 spiro atoms. The zero-order valence-electron chi connectivity index (χ0n) is 12.5. The van der Waals surface area contributed by atoms with Crippen LogP contribution in [0.5, 0.6) is 0 Å². The van der Waals surface area contributed by atoms with E-state index in [2.05, 4.69) is 36.1 Å². The highest BCUT2D eigenvalue weighted by atomic mass is 32.2. The van der Waals surface area contributed by atoms with Gasteiger partial charge in [-0.2, -0.15) is 0 Å². The quantitative estimate of drug-likeness (QED) is 0.857. The first kappa shape index (κ1) is 14.7. The molecule has 0 N–H and O–H groups in total. The standard InChI is InChI=1S/C16H22N2O2S/c1-2-13-11-18(14-5-3-4-6-15(14)21-13)12-16(19)17-7-9-20-10-8-17/h3-6,13H,2,7-12H2,1H3/t13-/m0/s1. The zero-order valence-corrected chi connectivity index (χ0v) is 13.3. The molecule has 0 bridgehead atoms. The predicted octanol–water partition coefficient (Wildman–Crippen LogP) is 2.24. The van der Waals surface area contributed by atoms with Gasteiger partial charge in [0.25, 0.3) is 0 Å². The van der Waals surface area contributed by atoms with Crippen LogP contribution < -0.4 is 4.90 Å². The number of para-hydroxylation sites is 1. The van der Waals surface area contributed by atoms with Gasteiger partial charge in [0.2, 0.25) is 5.91 Å². The summed E-state index contributed by atoms with van der Waals surface area (Å²) in [7, 11) is 0. The van der Waals surface area contributed by atoms with Gasteiger partial charge in [0.15, 0.2) is 0 Å². The highest BCUT2D eigenvalue weighted by molar-refractivity contribution is 8.00. The van der Waals surface area contributed by atoms with E-state index in [1.165, 1.54) is 10.6 Å². The van der Waals surface area contributed by atoms with Crippen LogP contribution in [0.3, 0.4) is 0 Å². The number of benzene rings is 1. The Balaban J connectivity index is 1.73. The molecule has 1 atom stereocenters. The van der Waals surface area contributed by atoms with Gasteiger partial charge >= 0.3 is 0 Å². The Hall–Kier alpha value is -1.20. The van der Waals surface area contributed by atoms with Gasteiger partial charge < -0.3 is 14.5 Å². The molecule has 4 nitrogen and oxygen atoms in total. The summed E-state index contributed by atoms with van der Waals surface area (Å²) in [5, 5.41) is 0.567. The minimum absolute atomic E-state index is 0.217. The number of amides is 1. The molecule has 2 aliphatic heterocycles. The summed E-state index contributed by atoms with van der Waals surface area (Å²) >= 11 is 1.94. The highest BCUT2D eigenvalue weighted by Crippen LogP contribution is 2.39. The maximum atomic E-state index is 12.5. The third-order valence-corrected chi connectivity index (χ3v) is 5.48. The maximum absolute atomic E-state index is 12.5. The van der Waals surface area contributed by atoms with E-state index in [1.54, 1.807) is 0 Å². The zero-order chi connectivity index (χ0) is 14.7. The van der Waals surface area contributed by atoms with Crippen LogP contribution in [0.2, 0.25) is 0 Å². The summed E-state index contributed by atoms with van der Waals surface area (Å²) in [4.78, 5) is 18.0. The number of anilines is 1. The molecule has 3 rings (SSSR count). The van der Waals surface area contributed by atoms with Gasteiger partial charge in [-0.05, 0) is 18.6 Å². The molecule has 0 unspecified atom stereocenters. The molecule has 0 saturated carbocycles. The first-order chi connectivity index (χ1) is 10.3. The molecular formula is C16H22N2O2S. The van der Waals surface area contributed by atoms with E-state index < -0.39 is 0 Å². The van der Waals surface area contributed by atoms with Crippen molar-refractivity contribution in [2.75, 3.05) is 44.3 Å². The number of thioether (sulfide) groups is 1. The lowest BCUT2D eigenvalue weighted by molar-refractivity contribution is -0.133. The van der Waals surface area contributed by atoms with Crippen molar-refractivity contribution >= 4 is 23.4 Å². The molecule has 0 aromatic heterocycles. The van der Waals surface area contributed by atoms with Crippen LogP contribution in [-0.4, -0.2) is 55.4 Å². The number of carbonyl (C=O) groups is 1. The summed E-state index contributed by atoms with van der Waals surface area (Å²) in [6.45, 7) is 6.42. The second-order valence-electron chi connectivity index (χ2n) is 5.49. The number of fused-ring (bicyclic) bond motifs is 1. The van der Waals surface area contributed by atoms with Crippen LogP contribution in [-0.2, 0) is 9.53 Å². The largest absolute Gasteiger partial charge is 0.378 e. The maximum Gasteiger partial charge on any atom is 0.242 e. The van der Waals surface area contributed by atoms with E-state index in [-0.39, 0.29) is 5.91 Å². The lowest BCUT2D eigenvalue weighted by Gasteiger charge is -2.36. The van der Waals surface area contributed by atoms with E-state index in [0.29, 0.717) is 25.0 Å². The van der Waals surface area contributed by atoms with Crippen LogP contribution in [0.25, 0.3) is 0 Å². The lowest BCUT2D eigenvalue weighted by atomic mass is 10.2. The summed E-state index contributed by atoms with van der Waals surface area (Å²) in [5.41, 5.74) is 1.20. The van der Waals surface area contributed by atoms with Crippen molar-refractivity contribution in [2.24, 2.45) is 0 Å². The van der Waals surface area contributed by atoms with Crippen molar-refractivity contribution in [3.05, 3.63) is 24.3 Å². The Morgan fingerprint density at radius 1 is 1.33 bits per heavy atom. The van der Waals surface area contributed by atoms with Crippen molar-refractivity contribution in [3.8, 4) is 0 Å². The van der Waals surface area contributed by atoms with Crippen LogP contribution in [0, 0.1) is 0 Å². The molecule has 2 heterocycles. The number of carbonyl (C=O) groups excluding carboxylic acids is 1. The van der Waals surface area contributed by atoms with Gasteiger partial charge in [0, 0.05) is 29.8 Å². The smallest absolute Gasteiger partial charge is 0.242 e. The number of hydrogen-bond donors (Lipinski definition) is 0. The molecule has 5 heteroatoms. The monoisotopic (exact) mass is 306 g/mol. The second-order valence-corrected chi connectivity index (χ2v) is 6.83. The topological polar surface area (TPSA) is 32.8 Å². The molecule has 1 fully saturated rings.